The molecule has 0 bridgehead atoms. The zero-order valence-corrected chi connectivity index (χ0v) is 8.99. The molecule has 0 atom stereocenters. The average molecular weight is 210 g/mol. The second-order valence-electron chi connectivity index (χ2n) is 2.71. The van der Waals surface area contributed by atoms with Crippen molar-refractivity contribution in [3.05, 3.63) is 23.0 Å². The molecule has 2 rings (SSSR count). The average Bonchev–Trinajstić information content (AvgIpc) is 2.58. The number of nitrogens with zero attached hydrogens (tertiary/aromatic N) is 2. The molecule has 0 aliphatic carbocycles. The van der Waals surface area contributed by atoms with Crippen molar-refractivity contribution in [2.75, 3.05) is 6.54 Å². The van der Waals surface area contributed by atoms with Gasteiger partial charge < -0.3 is 0 Å². The molecule has 0 saturated heterocycles. The highest BCUT2D eigenvalue weighted by atomic mass is 32.9. The van der Waals surface area contributed by atoms with Crippen molar-refractivity contribution in [3.8, 4) is 0 Å². The summed E-state index contributed by atoms with van der Waals surface area (Å²) in [4.78, 5) is 9.88. The highest BCUT2D eigenvalue weighted by Crippen LogP contribution is 2.16. The van der Waals surface area contributed by atoms with E-state index >= 15 is 0 Å². The largest absolute Gasteiger partial charge is 0.273 e. The van der Waals surface area contributed by atoms with Gasteiger partial charge in [-0.2, -0.15) is 0 Å². The van der Waals surface area contributed by atoms with Crippen LogP contribution in [0.3, 0.4) is 0 Å². The van der Waals surface area contributed by atoms with E-state index in [4.69, 9.17) is 0 Å². The standard InChI is InChI=1S/C9H10N2S2/c1-2-5-10-8-7-4-3-6-11-9(7)13-12-8/h3-4,6H,2,5H2,1H3. The molecule has 0 spiro atoms. The Labute approximate surface area is 84.0 Å². The van der Waals surface area contributed by atoms with Crippen LogP contribution in [0.5, 0.6) is 0 Å². The van der Waals surface area contributed by atoms with Crippen molar-refractivity contribution in [2.24, 2.45) is 4.99 Å². The summed E-state index contributed by atoms with van der Waals surface area (Å²) in [5.74, 6) is 0. The quantitative estimate of drug-likeness (QED) is 0.700. The lowest BCUT2D eigenvalue weighted by Crippen LogP contribution is -1.95. The third-order valence-corrected chi connectivity index (χ3v) is 3.95. The van der Waals surface area contributed by atoms with Crippen LogP contribution < -0.4 is 4.67 Å². The van der Waals surface area contributed by atoms with E-state index in [1.165, 1.54) is 5.39 Å². The van der Waals surface area contributed by atoms with Gasteiger partial charge in [-0.1, -0.05) is 27.6 Å². The zero-order valence-electron chi connectivity index (χ0n) is 7.36. The van der Waals surface area contributed by atoms with Crippen LogP contribution >= 0.6 is 20.7 Å². The molecule has 2 aromatic heterocycles. The minimum Gasteiger partial charge on any atom is -0.273 e. The first-order chi connectivity index (χ1) is 6.42. The maximum atomic E-state index is 4.50. The lowest BCUT2D eigenvalue weighted by atomic mass is 10.4. The summed E-state index contributed by atoms with van der Waals surface area (Å²) in [5, 5.41) is 1.20. The summed E-state index contributed by atoms with van der Waals surface area (Å²) in [6.07, 6.45) is 2.93. The Bertz CT molecular complexity index is 456. The molecule has 0 fully saturated rings. The number of rotatable bonds is 2. The van der Waals surface area contributed by atoms with E-state index in [1.807, 2.05) is 12.3 Å². The second kappa shape index (κ2) is 3.98. The molecule has 0 unspecified atom stereocenters. The molecule has 0 saturated carbocycles. The Morgan fingerprint density at radius 1 is 1.46 bits per heavy atom. The molecule has 0 aromatic carbocycles. The summed E-state index contributed by atoms with van der Waals surface area (Å²) >= 11 is 0. The molecule has 0 N–H and O–H groups in total. The second-order valence-corrected chi connectivity index (χ2v) is 4.82. The van der Waals surface area contributed by atoms with Crippen LogP contribution in [0.4, 0.5) is 0 Å². The van der Waals surface area contributed by atoms with Crippen LogP contribution in [0.15, 0.2) is 23.3 Å². The molecule has 2 nitrogen and oxygen atoms in total. The predicted molar refractivity (Wildman–Crippen MR) is 58.2 cm³/mol. The minimum absolute atomic E-state index is 0.914. The molecule has 4 heteroatoms. The van der Waals surface area contributed by atoms with Crippen LogP contribution in [0.2, 0.25) is 0 Å². The fraction of sp³-hybridized carbons (Fsp3) is 0.333. The molecule has 13 heavy (non-hydrogen) atoms. The molecule has 2 heterocycles. The first-order valence-corrected chi connectivity index (χ1v) is 6.41. The van der Waals surface area contributed by atoms with Gasteiger partial charge in [-0.25, -0.2) is 4.98 Å². The number of aromatic nitrogens is 1. The third kappa shape index (κ3) is 1.78. The van der Waals surface area contributed by atoms with Crippen LogP contribution in [0.1, 0.15) is 13.3 Å². The molecule has 68 valence electrons. The Kier molecular flexibility index (Phi) is 2.71. The maximum absolute atomic E-state index is 4.50. The number of hydrogen-bond acceptors (Lipinski definition) is 4. The van der Waals surface area contributed by atoms with Gasteiger partial charge in [0, 0.05) is 18.1 Å². The van der Waals surface area contributed by atoms with E-state index < -0.39 is 0 Å². The van der Waals surface area contributed by atoms with Crippen LogP contribution in [0, 0.1) is 0 Å². The summed E-state index contributed by atoms with van der Waals surface area (Å²) in [6, 6.07) is 4.05. The topological polar surface area (TPSA) is 25.2 Å². The van der Waals surface area contributed by atoms with E-state index in [0.717, 1.165) is 22.5 Å². The first kappa shape index (κ1) is 8.84. The van der Waals surface area contributed by atoms with Crippen molar-refractivity contribution in [1.82, 2.24) is 4.98 Å². The van der Waals surface area contributed by atoms with E-state index in [9.17, 15) is 0 Å². The summed E-state index contributed by atoms with van der Waals surface area (Å²) < 4.78 is 1.13. The van der Waals surface area contributed by atoms with E-state index in [0.29, 0.717) is 0 Å². The lowest BCUT2D eigenvalue weighted by Gasteiger charge is -1.85. The van der Waals surface area contributed by atoms with Crippen molar-refractivity contribution in [2.45, 2.75) is 13.3 Å². The Morgan fingerprint density at radius 2 is 2.38 bits per heavy atom. The van der Waals surface area contributed by atoms with Gasteiger partial charge in [0.2, 0.25) is 0 Å². The number of hydrogen-bond donors (Lipinski definition) is 0. The lowest BCUT2D eigenvalue weighted by molar-refractivity contribution is 0.913. The highest BCUT2D eigenvalue weighted by Gasteiger charge is 1.98. The van der Waals surface area contributed by atoms with Crippen molar-refractivity contribution in [3.63, 3.8) is 0 Å². The Hall–Kier alpha value is -0.740. The predicted octanol–water partition coefficient (Wildman–Crippen LogP) is 2.67. The smallest absolute Gasteiger partial charge is 0.136 e. The van der Waals surface area contributed by atoms with Gasteiger partial charge in [-0.15, -0.1) is 0 Å². The third-order valence-electron chi connectivity index (χ3n) is 1.68. The van der Waals surface area contributed by atoms with Gasteiger partial charge in [-0.3, -0.25) is 4.99 Å². The first-order valence-electron chi connectivity index (χ1n) is 4.26. The van der Waals surface area contributed by atoms with E-state index in [1.54, 1.807) is 20.7 Å². The normalized spacial score (nSPS) is 12.5. The summed E-state index contributed by atoms with van der Waals surface area (Å²) in [5.41, 5.74) is 0. The Morgan fingerprint density at radius 3 is 3.23 bits per heavy atom. The maximum Gasteiger partial charge on any atom is 0.136 e. The van der Waals surface area contributed by atoms with Gasteiger partial charge in [0.1, 0.15) is 9.50 Å². The molecule has 0 aliphatic heterocycles. The molecule has 2 aromatic rings. The van der Waals surface area contributed by atoms with E-state index in [2.05, 4.69) is 23.0 Å². The SMILES string of the molecule is CCCN=c1ssc2ncccc12. The van der Waals surface area contributed by atoms with Gasteiger partial charge in [0.25, 0.3) is 0 Å². The monoisotopic (exact) mass is 210 g/mol. The van der Waals surface area contributed by atoms with Crippen molar-refractivity contribution in [1.29, 1.82) is 0 Å². The van der Waals surface area contributed by atoms with E-state index in [-0.39, 0.29) is 0 Å². The molecule has 0 amide bonds. The number of pyridine rings is 1. The van der Waals surface area contributed by atoms with Crippen LogP contribution in [-0.2, 0) is 0 Å². The summed E-state index contributed by atoms with van der Waals surface area (Å²) in [7, 11) is 3.42. The molecular formula is C9H10N2S2. The van der Waals surface area contributed by atoms with Gasteiger partial charge in [0.05, 0.1) is 0 Å². The van der Waals surface area contributed by atoms with Crippen LogP contribution in [-0.4, -0.2) is 11.5 Å². The van der Waals surface area contributed by atoms with Gasteiger partial charge in [-0.05, 0) is 18.6 Å². The van der Waals surface area contributed by atoms with Crippen molar-refractivity contribution >= 4 is 30.9 Å². The molecule has 0 radical (unpaired) electrons. The number of fused-ring (bicyclic) bond motifs is 1. The van der Waals surface area contributed by atoms with Crippen molar-refractivity contribution < 1.29 is 0 Å². The van der Waals surface area contributed by atoms with Crippen LogP contribution in [0.25, 0.3) is 10.2 Å². The minimum atomic E-state index is 0.914. The molecular weight excluding hydrogens is 200 g/mol. The van der Waals surface area contributed by atoms with Gasteiger partial charge >= 0.3 is 0 Å². The summed E-state index contributed by atoms with van der Waals surface area (Å²) in [6.45, 7) is 3.05. The highest BCUT2D eigenvalue weighted by molar-refractivity contribution is 7.71. The Balaban J connectivity index is 2.58. The fourth-order valence-electron chi connectivity index (χ4n) is 1.07. The molecule has 0 aliphatic rings. The van der Waals surface area contributed by atoms with Gasteiger partial charge in [0.15, 0.2) is 0 Å². The fourth-order valence-corrected chi connectivity index (χ4v) is 3.35. The zero-order chi connectivity index (χ0) is 9.10.